The van der Waals surface area contributed by atoms with E-state index in [2.05, 4.69) is 52.9 Å². The van der Waals surface area contributed by atoms with Gasteiger partial charge in [-0.05, 0) is 52.9 Å². The van der Waals surface area contributed by atoms with Crippen LogP contribution in [0.3, 0.4) is 0 Å². The molecule has 0 aromatic heterocycles. The van der Waals surface area contributed by atoms with Gasteiger partial charge in [-0.15, -0.1) is 0 Å². The average molecular weight is 293 g/mol. The first-order valence-electron chi connectivity index (χ1n) is 6.08. The topological polar surface area (TPSA) is 27.0 Å². The van der Waals surface area contributed by atoms with Crippen LogP contribution in [0.2, 0.25) is 0 Å². The fraction of sp³-hybridized carbons (Fsp3) is 0.500. The van der Waals surface area contributed by atoms with Gasteiger partial charge in [0.05, 0.1) is 5.56 Å². The molecule has 0 unspecified atom stereocenters. The second kappa shape index (κ2) is 5.10. The summed E-state index contributed by atoms with van der Waals surface area (Å²) in [6.07, 6.45) is 2.59. The predicted molar refractivity (Wildman–Crippen MR) is 74.1 cm³/mol. The van der Waals surface area contributed by atoms with Gasteiger partial charge in [0.1, 0.15) is 6.07 Å². The second-order valence-electron chi connectivity index (χ2n) is 5.05. The van der Waals surface area contributed by atoms with Crippen LogP contribution in [0.15, 0.2) is 22.7 Å². The molecular formula is C14H17BrN2. The maximum absolute atomic E-state index is 8.92. The van der Waals surface area contributed by atoms with Crippen molar-refractivity contribution >= 4 is 21.6 Å². The van der Waals surface area contributed by atoms with Crippen molar-refractivity contribution in [2.24, 2.45) is 5.92 Å². The standard InChI is InChI=1S/C14H17BrN2/c1-10(2)9-17(12-5-6-12)13-4-3-11(8-16)14(15)7-13/h3-4,7,10,12H,5-6,9H2,1-2H3. The van der Waals surface area contributed by atoms with Gasteiger partial charge < -0.3 is 4.90 Å². The number of rotatable bonds is 4. The van der Waals surface area contributed by atoms with Crippen molar-refractivity contribution in [3.05, 3.63) is 28.2 Å². The first-order valence-corrected chi connectivity index (χ1v) is 6.87. The van der Waals surface area contributed by atoms with Crippen molar-refractivity contribution in [1.82, 2.24) is 0 Å². The molecule has 0 N–H and O–H groups in total. The molecule has 1 saturated carbocycles. The zero-order valence-corrected chi connectivity index (χ0v) is 11.9. The second-order valence-corrected chi connectivity index (χ2v) is 5.91. The van der Waals surface area contributed by atoms with E-state index in [0.717, 1.165) is 11.0 Å². The lowest BCUT2D eigenvalue weighted by atomic mass is 10.1. The summed E-state index contributed by atoms with van der Waals surface area (Å²) in [5, 5.41) is 8.92. The molecule has 90 valence electrons. The van der Waals surface area contributed by atoms with Crippen LogP contribution >= 0.6 is 15.9 Å². The Labute approximate surface area is 111 Å². The Bertz CT molecular complexity index is 444. The summed E-state index contributed by atoms with van der Waals surface area (Å²) in [4.78, 5) is 2.47. The van der Waals surface area contributed by atoms with E-state index in [1.165, 1.54) is 18.5 Å². The third-order valence-corrected chi connectivity index (χ3v) is 3.61. The number of benzene rings is 1. The molecule has 0 bridgehead atoms. The van der Waals surface area contributed by atoms with E-state index < -0.39 is 0 Å². The number of anilines is 1. The maximum atomic E-state index is 8.92. The highest BCUT2D eigenvalue weighted by atomic mass is 79.9. The van der Waals surface area contributed by atoms with E-state index >= 15 is 0 Å². The van der Waals surface area contributed by atoms with E-state index in [9.17, 15) is 0 Å². The lowest BCUT2D eigenvalue weighted by molar-refractivity contribution is 0.607. The van der Waals surface area contributed by atoms with Gasteiger partial charge in [-0.3, -0.25) is 0 Å². The minimum Gasteiger partial charge on any atom is -0.368 e. The molecule has 17 heavy (non-hydrogen) atoms. The SMILES string of the molecule is CC(C)CN(c1ccc(C#N)c(Br)c1)C1CC1. The Morgan fingerprint density at radius 1 is 1.47 bits per heavy atom. The number of hydrogen-bond acceptors (Lipinski definition) is 2. The minimum atomic E-state index is 0.657. The number of halogens is 1. The summed E-state index contributed by atoms with van der Waals surface area (Å²) in [7, 11) is 0. The van der Waals surface area contributed by atoms with E-state index in [1.807, 2.05) is 6.07 Å². The molecular weight excluding hydrogens is 276 g/mol. The molecule has 3 heteroatoms. The third kappa shape index (κ3) is 3.01. The zero-order chi connectivity index (χ0) is 12.4. The van der Waals surface area contributed by atoms with Crippen LogP contribution in [0.25, 0.3) is 0 Å². The van der Waals surface area contributed by atoms with Gasteiger partial charge in [0.15, 0.2) is 0 Å². The normalized spacial score (nSPS) is 14.8. The summed E-state index contributed by atoms with van der Waals surface area (Å²) in [5.74, 6) is 0.657. The predicted octanol–water partition coefficient (Wildman–Crippen LogP) is 3.95. The highest BCUT2D eigenvalue weighted by Gasteiger charge is 2.29. The monoisotopic (exact) mass is 292 g/mol. The molecule has 2 nitrogen and oxygen atoms in total. The van der Waals surface area contributed by atoms with Crippen LogP contribution in [0.5, 0.6) is 0 Å². The lowest BCUT2D eigenvalue weighted by Gasteiger charge is -2.27. The molecule has 0 radical (unpaired) electrons. The molecule has 1 aromatic carbocycles. The van der Waals surface area contributed by atoms with Gasteiger partial charge in [0.2, 0.25) is 0 Å². The van der Waals surface area contributed by atoms with Gasteiger partial charge in [0.25, 0.3) is 0 Å². The Hall–Kier alpha value is -1.01. The fourth-order valence-electron chi connectivity index (χ4n) is 2.02. The molecule has 0 atom stereocenters. The van der Waals surface area contributed by atoms with Crippen LogP contribution in [-0.2, 0) is 0 Å². The van der Waals surface area contributed by atoms with Gasteiger partial charge in [-0.2, -0.15) is 5.26 Å². The maximum Gasteiger partial charge on any atom is 0.100 e. The molecule has 0 saturated heterocycles. The lowest BCUT2D eigenvalue weighted by Crippen LogP contribution is -2.29. The molecule has 0 spiro atoms. The largest absolute Gasteiger partial charge is 0.368 e. The average Bonchev–Trinajstić information content (AvgIpc) is 3.09. The van der Waals surface area contributed by atoms with Crippen molar-refractivity contribution in [2.45, 2.75) is 32.7 Å². The molecule has 0 aliphatic heterocycles. The van der Waals surface area contributed by atoms with Crippen molar-refractivity contribution in [3.8, 4) is 6.07 Å². The smallest absolute Gasteiger partial charge is 0.100 e. The molecule has 1 aromatic rings. The van der Waals surface area contributed by atoms with E-state index in [4.69, 9.17) is 5.26 Å². The zero-order valence-electron chi connectivity index (χ0n) is 10.3. The molecule has 1 fully saturated rings. The van der Waals surface area contributed by atoms with Crippen molar-refractivity contribution in [3.63, 3.8) is 0 Å². The minimum absolute atomic E-state index is 0.657. The molecule has 0 heterocycles. The van der Waals surface area contributed by atoms with Gasteiger partial charge in [0, 0.05) is 22.7 Å². The molecule has 0 amide bonds. The number of hydrogen-bond donors (Lipinski definition) is 0. The Morgan fingerprint density at radius 3 is 2.65 bits per heavy atom. The summed E-state index contributed by atoms with van der Waals surface area (Å²) in [6, 6.07) is 8.91. The van der Waals surface area contributed by atoms with E-state index in [-0.39, 0.29) is 0 Å². The Morgan fingerprint density at radius 2 is 2.18 bits per heavy atom. The highest BCUT2D eigenvalue weighted by Crippen LogP contribution is 2.34. The van der Waals surface area contributed by atoms with Gasteiger partial charge in [-0.1, -0.05) is 13.8 Å². The van der Waals surface area contributed by atoms with Crippen LogP contribution in [0.4, 0.5) is 5.69 Å². The number of nitriles is 1. The summed E-state index contributed by atoms with van der Waals surface area (Å²) < 4.78 is 0.895. The summed E-state index contributed by atoms with van der Waals surface area (Å²) in [6.45, 7) is 5.57. The summed E-state index contributed by atoms with van der Waals surface area (Å²) >= 11 is 3.46. The Kier molecular flexibility index (Phi) is 3.73. The van der Waals surface area contributed by atoms with Crippen LogP contribution in [0.1, 0.15) is 32.3 Å². The van der Waals surface area contributed by atoms with E-state index in [0.29, 0.717) is 17.5 Å². The highest BCUT2D eigenvalue weighted by molar-refractivity contribution is 9.10. The fourth-order valence-corrected chi connectivity index (χ4v) is 2.47. The Balaban J connectivity index is 2.24. The molecule has 2 rings (SSSR count). The third-order valence-electron chi connectivity index (χ3n) is 2.95. The first-order chi connectivity index (χ1) is 8.11. The van der Waals surface area contributed by atoms with E-state index in [1.54, 1.807) is 0 Å². The van der Waals surface area contributed by atoms with Crippen molar-refractivity contribution in [1.29, 1.82) is 5.26 Å². The van der Waals surface area contributed by atoms with Crippen LogP contribution < -0.4 is 4.90 Å². The van der Waals surface area contributed by atoms with Crippen molar-refractivity contribution < 1.29 is 0 Å². The molecule has 1 aliphatic rings. The van der Waals surface area contributed by atoms with Gasteiger partial charge >= 0.3 is 0 Å². The van der Waals surface area contributed by atoms with Crippen molar-refractivity contribution in [2.75, 3.05) is 11.4 Å². The van der Waals surface area contributed by atoms with Crippen LogP contribution in [0, 0.1) is 17.2 Å². The molecule has 1 aliphatic carbocycles. The first kappa shape index (κ1) is 12.4. The quantitative estimate of drug-likeness (QED) is 0.840. The van der Waals surface area contributed by atoms with Gasteiger partial charge in [-0.25, -0.2) is 0 Å². The summed E-state index contributed by atoms with van der Waals surface area (Å²) in [5.41, 5.74) is 1.93. The number of nitrogens with zero attached hydrogens (tertiary/aromatic N) is 2. The van der Waals surface area contributed by atoms with Crippen LogP contribution in [-0.4, -0.2) is 12.6 Å².